The maximum atomic E-state index is 13.9. The number of hydrogen-bond acceptors (Lipinski definition) is 5. The first kappa shape index (κ1) is 32.5. The molecule has 5 rings (SSSR count). The number of halogens is 9. The molecule has 0 bridgehead atoms. The fourth-order valence-electron chi connectivity index (χ4n) is 5.01. The Kier molecular flexibility index (Phi) is 8.34. The Morgan fingerprint density at radius 3 is 1.89 bits per heavy atom. The number of tetrazole rings is 1. The van der Waals surface area contributed by atoms with Gasteiger partial charge in [-0.3, -0.25) is 0 Å². The molecule has 46 heavy (non-hydrogen) atoms. The molecule has 0 unspecified atom stereocenters. The molecular formula is C30H24F9N7. The molecule has 0 aliphatic rings. The van der Waals surface area contributed by atoms with Crippen LogP contribution in [0.5, 0.6) is 0 Å². The summed E-state index contributed by atoms with van der Waals surface area (Å²) in [6.07, 6.45) is -15.0. The van der Waals surface area contributed by atoms with Crippen LogP contribution in [-0.4, -0.2) is 30.0 Å². The van der Waals surface area contributed by atoms with Crippen LogP contribution in [0.4, 0.5) is 45.5 Å². The zero-order chi connectivity index (χ0) is 33.6. The van der Waals surface area contributed by atoms with Crippen molar-refractivity contribution >= 4 is 5.95 Å². The van der Waals surface area contributed by atoms with E-state index < -0.39 is 53.9 Å². The van der Waals surface area contributed by atoms with Crippen molar-refractivity contribution in [3.8, 4) is 16.8 Å². The van der Waals surface area contributed by atoms with Crippen molar-refractivity contribution < 1.29 is 39.5 Å². The smallest absolute Gasteiger partial charge is 0.330 e. The van der Waals surface area contributed by atoms with Crippen LogP contribution in [0.1, 0.15) is 39.2 Å². The highest BCUT2D eigenvalue weighted by molar-refractivity contribution is 5.70. The second-order valence-corrected chi connectivity index (χ2v) is 10.6. The number of aryl methyl sites for hydroxylation is 3. The van der Waals surface area contributed by atoms with Gasteiger partial charge in [0.15, 0.2) is 0 Å². The monoisotopic (exact) mass is 653 g/mol. The molecule has 0 aliphatic heterocycles. The van der Waals surface area contributed by atoms with E-state index in [9.17, 15) is 39.5 Å². The molecule has 242 valence electrons. The topological polar surface area (TPSA) is 64.7 Å². The van der Waals surface area contributed by atoms with Crippen molar-refractivity contribution in [2.75, 3.05) is 4.90 Å². The van der Waals surface area contributed by atoms with Crippen molar-refractivity contribution in [3.63, 3.8) is 0 Å². The number of rotatable bonds is 7. The Hall–Kier alpha value is -4.89. The molecule has 2 heterocycles. The van der Waals surface area contributed by atoms with Crippen molar-refractivity contribution in [3.05, 3.63) is 106 Å². The van der Waals surface area contributed by atoms with Crippen LogP contribution in [0.15, 0.2) is 66.7 Å². The summed E-state index contributed by atoms with van der Waals surface area (Å²) in [6, 6.07) is 12.8. The average Bonchev–Trinajstić information content (AvgIpc) is 3.55. The third-order valence-corrected chi connectivity index (χ3v) is 7.01. The molecule has 0 aliphatic carbocycles. The summed E-state index contributed by atoms with van der Waals surface area (Å²) in [5.74, 6) is -0.228. The Bertz CT molecular complexity index is 1840. The molecule has 2 aromatic heterocycles. The van der Waals surface area contributed by atoms with Crippen LogP contribution in [0.2, 0.25) is 0 Å². The van der Waals surface area contributed by atoms with Crippen LogP contribution in [-0.2, 0) is 38.7 Å². The lowest BCUT2D eigenvalue weighted by atomic mass is 9.96. The van der Waals surface area contributed by atoms with E-state index in [2.05, 4.69) is 20.5 Å². The molecule has 0 spiro atoms. The number of alkyl halides is 9. The van der Waals surface area contributed by atoms with Crippen LogP contribution >= 0.6 is 0 Å². The molecule has 0 radical (unpaired) electrons. The molecule has 0 saturated carbocycles. The Balaban J connectivity index is 1.63. The lowest BCUT2D eigenvalue weighted by Crippen LogP contribution is -2.25. The van der Waals surface area contributed by atoms with E-state index in [1.165, 1.54) is 13.1 Å². The standard InChI is InChI=1S/C30H24F9N7/c1-17-9-18(2)46(41-17)25-6-4-5-20(13-25)26-8-7-22(28(31,32)33)12-21(26)16-45(27-40-43-44(3)42-27)15-19-10-23(29(34,35)36)14-24(11-19)30(37,38)39/h4-14H,15-16H2,1-3H3. The van der Waals surface area contributed by atoms with Gasteiger partial charge in [0.2, 0.25) is 0 Å². The molecule has 0 amide bonds. The summed E-state index contributed by atoms with van der Waals surface area (Å²) < 4.78 is 125. The molecule has 0 atom stereocenters. The van der Waals surface area contributed by atoms with Crippen molar-refractivity contribution in [2.45, 2.75) is 45.5 Å². The number of benzene rings is 3. The minimum absolute atomic E-state index is 0.00484. The first-order valence-electron chi connectivity index (χ1n) is 13.5. The molecule has 0 fully saturated rings. The number of aromatic nitrogens is 6. The van der Waals surface area contributed by atoms with Gasteiger partial charge in [-0.15, -0.1) is 5.10 Å². The third-order valence-electron chi connectivity index (χ3n) is 7.01. The van der Waals surface area contributed by atoms with Gasteiger partial charge in [-0.25, -0.2) is 4.68 Å². The van der Waals surface area contributed by atoms with E-state index in [1.54, 1.807) is 35.9 Å². The van der Waals surface area contributed by atoms with E-state index in [0.29, 0.717) is 28.9 Å². The van der Waals surface area contributed by atoms with Crippen LogP contribution in [0, 0.1) is 13.8 Å². The van der Waals surface area contributed by atoms with Crippen molar-refractivity contribution in [2.24, 2.45) is 7.05 Å². The molecule has 0 N–H and O–H groups in total. The minimum atomic E-state index is -5.10. The Morgan fingerprint density at radius 1 is 0.696 bits per heavy atom. The molecular weight excluding hydrogens is 629 g/mol. The minimum Gasteiger partial charge on any atom is -0.330 e. The predicted molar refractivity (Wildman–Crippen MR) is 149 cm³/mol. The normalized spacial score (nSPS) is 12.5. The quantitative estimate of drug-likeness (QED) is 0.167. The molecule has 16 heteroatoms. The fraction of sp³-hybridized carbons (Fsp3) is 0.267. The first-order chi connectivity index (χ1) is 21.4. The zero-order valence-corrected chi connectivity index (χ0v) is 24.3. The summed E-state index contributed by atoms with van der Waals surface area (Å²) in [7, 11) is 1.38. The molecule has 3 aromatic carbocycles. The van der Waals surface area contributed by atoms with E-state index in [0.717, 1.165) is 33.2 Å². The van der Waals surface area contributed by atoms with E-state index in [4.69, 9.17) is 0 Å². The van der Waals surface area contributed by atoms with Crippen LogP contribution in [0.25, 0.3) is 16.8 Å². The second-order valence-electron chi connectivity index (χ2n) is 10.6. The van der Waals surface area contributed by atoms with Gasteiger partial charge in [-0.05, 0) is 89.8 Å². The molecule has 0 saturated heterocycles. The lowest BCUT2D eigenvalue weighted by molar-refractivity contribution is -0.143. The van der Waals surface area contributed by atoms with E-state index in [1.807, 2.05) is 13.0 Å². The Morgan fingerprint density at radius 2 is 1.35 bits per heavy atom. The van der Waals surface area contributed by atoms with Gasteiger partial charge in [0, 0.05) is 18.8 Å². The van der Waals surface area contributed by atoms with Gasteiger partial charge in [-0.1, -0.05) is 23.3 Å². The maximum absolute atomic E-state index is 13.9. The summed E-state index contributed by atoms with van der Waals surface area (Å²) in [4.78, 5) is 2.16. The van der Waals surface area contributed by atoms with Gasteiger partial charge in [-0.2, -0.15) is 49.4 Å². The van der Waals surface area contributed by atoms with Gasteiger partial charge >= 0.3 is 18.5 Å². The first-order valence-corrected chi connectivity index (χ1v) is 13.5. The van der Waals surface area contributed by atoms with Gasteiger partial charge in [0.25, 0.3) is 5.95 Å². The predicted octanol–water partition coefficient (Wildman–Crippen LogP) is 7.94. The summed E-state index contributed by atoms with van der Waals surface area (Å²) in [5.41, 5.74) is -1.48. The van der Waals surface area contributed by atoms with E-state index >= 15 is 0 Å². The van der Waals surface area contributed by atoms with Crippen LogP contribution < -0.4 is 4.90 Å². The average molecular weight is 654 g/mol. The summed E-state index contributed by atoms with van der Waals surface area (Å²) in [5, 5.41) is 16.0. The molecule has 5 aromatic rings. The fourth-order valence-corrected chi connectivity index (χ4v) is 5.01. The number of anilines is 1. The second kappa shape index (κ2) is 11.8. The van der Waals surface area contributed by atoms with E-state index in [-0.39, 0.29) is 17.6 Å². The molecule has 7 nitrogen and oxygen atoms in total. The third kappa shape index (κ3) is 7.15. The zero-order valence-electron chi connectivity index (χ0n) is 24.3. The highest BCUT2D eigenvalue weighted by Crippen LogP contribution is 2.38. The van der Waals surface area contributed by atoms with Crippen molar-refractivity contribution in [1.29, 1.82) is 0 Å². The highest BCUT2D eigenvalue weighted by atomic mass is 19.4. The Labute approximate surface area is 255 Å². The highest BCUT2D eigenvalue weighted by Gasteiger charge is 2.37. The van der Waals surface area contributed by atoms with Crippen LogP contribution in [0.3, 0.4) is 0 Å². The lowest BCUT2D eigenvalue weighted by Gasteiger charge is -2.24. The van der Waals surface area contributed by atoms with Gasteiger partial charge in [0.1, 0.15) is 0 Å². The largest absolute Gasteiger partial charge is 0.416 e. The summed E-state index contributed by atoms with van der Waals surface area (Å²) in [6.45, 7) is 2.57. The summed E-state index contributed by atoms with van der Waals surface area (Å²) >= 11 is 0. The van der Waals surface area contributed by atoms with Gasteiger partial charge in [0.05, 0.1) is 35.1 Å². The SMILES string of the molecule is Cc1cc(C)n(-c2cccc(-c3ccc(C(F)(F)F)cc3CN(Cc3cc(C(F)(F)F)cc(C(F)(F)F)c3)c3nnn(C)n3)c2)n1. The number of nitrogens with zero attached hydrogens (tertiary/aromatic N) is 7. The maximum Gasteiger partial charge on any atom is 0.416 e. The van der Waals surface area contributed by atoms with Crippen molar-refractivity contribution in [1.82, 2.24) is 30.0 Å². The van der Waals surface area contributed by atoms with Gasteiger partial charge < -0.3 is 4.90 Å². The number of hydrogen-bond donors (Lipinski definition) is 0.